The van der Waals surface area contributed by atoms with Crippen LogP contribution in [0.3, 0.4) is 0 Å². The van der Waals surface area contributed by atoms with Gasteiger partial charge in [0.05, 0.1) is 12.8 Å². The highest BCUT2D eigenvalue weighted by atomic mass is 16.5. The molecule has 0 spiro atoms. The number of benzene rings is 1. The van der Waals surface area contributed by atoms with Gasteiger partial charge in [0, 0.05) is 39.0 Å². The predicted molar refractivity (Wildman–Crippen MR) is 114 cm³/mol. The van der Waals surface area contributed by atoms with Crippen molar-refractivity contribution in [2.45, 2.75) is 26.7 Å². The van der Waals surface area contributed by atoms with E-state index in [-0.39, 0.29) is 0 Å². The fraction of sp³-hybridized carbons (Fsp3) is 0.364. The monoisotopic (exact) mass is 379 g/mol. The Morgan fingerprint density at radius 2 is 1.93 bits per heavy atom. The molecule has 0 aliphatic rings. The van der Waals surface area contributed by atoms with Crippen LogP contribution in [0.4, 0.5) is 0 Å². The minimum atomic E-state index is 0.774. The van der Waals surface area contributed by atoms with Crippen molar-refractivity contribution in [2.75, 3.05) is 27.2 Å². The van der Waals surface area contributed by atoms with Crippen molar-refractivity contribution >= 4 is 11.6 Å². The van der Waals surface area contributed by atoms with E-state index in [0.717, 1.165) is 49.0 Å². The maximum atomic E-state index is 5.45. The molecular formula is C22H29N5O. The van der Waals surface area contributed by atoms with E-state index < -0.39 is 0 Å². The molecule has 0 radical (unpaired) electrons. The number of aromatic nitrogens is 2. The summed E-state index contributed by atoms with van der Waals surface area (Å²) < 4.78 is 7.53. The number of hydrogen-bond donors (Lipinski definition) is 2. The number of rotatable bonds is 7. The lowest BCUT2D eigenvalue weighted by molar-refractivity contribution is 0.409. The van der Waals surface area contributed by atoms with Crippen LogP contribution in [0.15, 0.2) is 47.7 Å². The third kappa shape index (κ3) is 4.82. The van der Waals surface area contributed by atoms with Gasteiger partial charge in [-0.15, -0.1) is 0 Å². The molecule has 2 N–H and O–H groups in total. The minimum Gasteiger partial charge on any atom is -0.496 e. The van der Waals surface area contributed by atoms with Crippen LogP contribution < -0.4 is 15.4 Å². The number of hydrogen-bond acceptors (Lipinski definition) is 3. The van der Waals surface area contributed by atoms with Crippen molar-refractivity contribution in [3.8, 4) is 5.75 Å². The van der Waals surface area contributed by atoms with Crippen LogP contribution in [-0.4, -0.2) is 42.6 Å². The van der Waals surface area contributed by atoms with Gasteiger partial charge in [0.2, 0.25) is 0 Å². The number of nitrogens with zero attached hydrogens (tertiary/aromatic N) is 3. The van der Waals surface area contributed by atoms with Gasteiger partial charge in [-0.3, -0.25) is 4.99 Å². The zero-order chi connectivity index (χ0) is 19.9. The number of fused-ring (bicyclic) bond motifs is 1. The molecule has 1 aromatic carbocycles. The summed E-state index contributed by atoms with van der Waals surface area (Å²) in [4.78, 5) is 9.02. The smallest absolute Gasteiger partial charge is 0.190 e. The summed E-state index contributed by atoms with van der Waals surface area (Å²) in [6.45, 7) is 5.74. The summed E-state index contributed by atoms with van der Waals surface area (Å²) in [7, 11) is 3.50. The molecule has 0 aliphatic heterocycles. The summed E-state index contributed by atoms with van der Waals surface area (Å²) >= 11 is 0. The Morgan fingerprint density at radius 1 is 1.14 bits per heavy atom. The minimum absolute atomic E-state index is 0.774. The van der Waals surface area contributed by atoms with Crippen molar-refractivity contribution in [1.29, 1.82) is 0 Å². The van der Waals surface area contributed by atoms with Crippen LogP contribution in [0.2, 0.25) is 0 Å². The second-order valence-electron chi connectivity index (χ2n) is 6.90. The van der Waals surface area contributed by atoms with E-state index in [9.17, 15) is 0 Å². The van der Waals surface area contributed by atoms with Crippen molar-refractivity contribution in [1.82, 2.24) is 20.0 Å². The van der Waals surface area contributed by atoms with Crippen molar-refractivity contribution < 1.29 is 4.74 Å². The molecule has 148 valence electrons. The van der Waals surface area contributed by atoms with E-state index in [1.807, 2.05) is 18.3 Å². The van der Waals surface area contributed by atoms with E-state index in [2.05, 4.69) is 58.3 Å². The van der Waals surface area contributed by atoms with Crippen LogP contribution >= 0.6 is 0 Å². The molecule has 0 fully saturated rings. The quantitative estimate of drug-likeness (QED) is 0.489. The molecule has 2 heterocycles. The van der Waals surface area contributed by atoms with Gasteiger partial charge in [-0.25, -0.2) is 4.98 Å². The number of imidazole rings is 1. The third-order valence-corrected chi connectivity index (χ3v) is 4.75. The molecule has 0 unspecified atom stereocenters. The zero-order valence-electron chi connectivity index (χ0n) is 17.1. The zero-order valence-corrected chi connectivity index (χ0v) is 17.1. The maximum absolute atomic E-state index is 5.45. The Kier molecular flexibility index (Phi) is 6.53. The Labute approximate surface area is 166 Å². The summed E-state index contributed by atoms with van der Waals surface area (Å²) in [6, 6.07) is 10.4. The second-order valence-corrected chi connectivity index (χ2v) is 6.90. The van der Waals surface area contributed by atoms with Gasteiger partial charge in [-0.1, -0.05) is 23.8 Å². The molecule has 3 aromatic rings. The maximum Gasteiger partial charge on any atom is 0.190 e. The fourth-order valence-electron chi connectivity index (χ4n) is 3.27. The van der Waals surface area contributed by atoms with Crippen LogP contribution in [0.5, 0.6) is 5.75 Å². The molecule has 6 nitrogen and oxygen atoms in total. The van der Waals surface area contributed by atoms with Crippen molar-refractivity contribution in [2.24, 2.45) is 4.99 Å². The van der Waals surface area contributed by atoms with Crippen LogP contribution in [0, 0.1) is 13.8 Å². The molecule has 28 heavy (non-hydrogen) atoms. The highest BCUT2D eigenvalue weighted by Gasteiger charge is 2.06. The molecule has 0 saturated heterocycles. The van der Waals surface area contributed by atoms with E-state index in [1.54, 1.807) is 14.2 Å². The number of methoxy groups -OCH3 is 1. The van der Waals surface area contributed by atoms with E-state index in [0.29, 0.717) is 0 Å². The number of aryl methyl sites for hydroxylation is 2. The van der Waals surface area contributed by atoms with Gasteiger partial charge < -0.3 is 19.8 Å². The van der Waals surface area contributed by atoms with Crippen LogP contribution in [0.1, 0.15) is 22.4 Å². The highest BCUT2D eigenvalue weighted by molar-refractivity contribution is 5.79. The van der Waals surface area contributed by atoms with Gasteiger partial charge in [0.1, 0.15) is 11.4 Å². The van der Waals surface area contributed by atoms with Crippen molar-refractivity contribution in [3.63, 3.8) is 0 Å². The van der Waals surface area contributed by atoms with E-state index in [4.69, 9.17) is 9.72 Å². The Morgan fingerprint density at radius 3 is 2.64 bits per heavy atom. The molecule has 0 atom stereocenters. The van der Waals surface area contributed by atoms with Crippen molar-refractivity contribution in [3.05, 3.63) is 65.1 Å². The normalized spacial score (nSPS) is 11.6. The summed E-state index contributed by atoms with van der Waals surface area (Å²) in [5.74, 6) is 1.73. The number of ether oxygens (including phenoxy) is 1. The first-order valence-electron chi connectivity index (χ1n) is 9.62. The summed E-state index contributed by atoms with van der Waals surface area (Å²) in [5, 5.41) is 6.73. The molecule has 6 heteroatoms. The number of pyridine rings is 1. The first kappa shape index (κ1) is 19.7. The number of guanidine groups is 1. The molecule has 0 amide bonds. The summed E-state index contributed by atoms with van der Waals surface area (Å²) in [5.41, 5.74) is 5.71. The predicted octanol–water partition coefficient (Wildman–Crippen LogP) is 2.91. The lowest BCUT2D eigenvalue weighted by Crippen LogP contribution is -2.39. The van der Waals surface area contributed by atoms with Gasteiger partial charge in [0.25, 0.3) is 0 Å². The first-order chi connectivity index (χ1) is 13.6. The molecule has 0 aliphatic carbocycles. The Balaban J connectivity index is 1.48. The summed E-state index contributed by atoms with van der Waals surface area (Å²) in [6.07, 6.45) is 5.83. The van der Waals surface area contributed by atoms with Crippen LogP contribution in [0.25, 0.3) is 5.65 Å². The molecule has 2 aromatic heterocycles. The van der Waals surface area contributed by atoms with Crippen LogP contribution in [-0.2, 0) is 12.8 Å². The third-order valence-electron chi connectivity index (χ3n) is 4.75. The van der Waals surface area contributed by atoms with Gasteiger partial charge in [-0.2, -0.15) is 0 Å². The molecule has 3 rings (SSSR count). The average Bonchev–Trinajstić information content (AvgIpc) is 3.11. The number of aliphatic imine (C=N–C) groups is 1. The second kappa shape index (κ2) is 9.26. The first-order valence-corrected chi connectivity index (χ1v) is 9.62. The molecule has 0 saturated carbocycles. The van der Waals surface area contributed by atoms with Gasteiger partial charge >= 0.3 is 0 Å². The molecule has 0 bridgehead atoms. The number of nitrogens with one attached hydrogen (secondary N) is 2. The highest BCUT2D eigenvalue weighted by Crippen LogP contribution is 2.19. The Bertz CT molecular complexity index is 961. The van der Waals surface area contributed by atoms with Gasteiger partial charge in [0.15, 0.2) is 5.96 Å². The SMILES string of the molecule is CN=C(NCCc1cn2cccc(C)c2n1)NCCc1cc(C)ccc1OC. The lowest BCUT2D eigenvalue weighted by atomic mass is 10.1. The Hall–Kier alpha value is -3.02. The average molecular weight is 380 g/mol. The van der Waals surface area contributed by atoms with E-state index >= 15 is 0 Å². The topological polar surface area (TPSA) is 63.0 Å². The largest absolute Gasteiger partial charge is 0.496 e. The van der Waals surface area contributed by atoms with E-state index in [1.165, 1.54) is 16.7 Å². The lowest BCUT2D eigenvalue weighted by Gasteiger charge is -2.13. The standard InChI is InChI=1S/C22H29N5O/c1-16-7-8-20(28-4)18(14-16)9-11-24-22(23-3)25-12-10-19-15-27-13-5-6-17(2)21(27)26-19/h5-8,13-15H,9-12H2,1-4H3,(H2,23,24,25). The molecular weight excluding hydrogens is 350 g/mol. The fourth-order valence-corrected chi connectivity index (χ4v) is 3.27. The van der Waals surface area contributed by atoms with Gasteiger partial charge in [-0.05, 0) is 43.5 Å².